The molecule has 1 fully saturated rings. The number of amides is 1. The smallest absolute Gasteiger partial charge is 0.249 e. The van der Waals surface area contributed by atoms with Gasteiger partial charge in [-0.3, -0.25) is 4.79 Å². The summed E-state index contributed by atoms with van der Waals surface area (Å²) in [4.78, 5) is 11.6. The molecule has 1 rings (SSSR count). The lowest BCUT2D eigenvalue weighted by molar-refractivity contribution is -0.132. The molecule has 5 heteroatoms. The zero-order valence-corrected chi connectivity index (χ0v) is 10.1. The molecule has 3 N–H and O–H groups in total. The molecule has 94 valence electrons. The normalized spacial score (nSPS) is 25.0. The number of hydrogen-bond donors (Lipinski definition) is 2. The van der Waals surface area contributed by atoms with Crippen LogP contribution in [0.5, 0.6) is 0 Å². The van der Waals surface area contributed by atoms with E-state index in [1.54, 1.807) is 0 Å². The van der Waals surface area contributed by atoms with Crippen LogP contribution in [0, 0.1) is 0 Å². The van der Waals surface area contributed by atoms with Crippen LogP contribution in [0.4, 0.5) is 0 Å². The molecular weight excluding hydrogens is 208 g/mol. The molecule has 0 radical (unpaired) electrons. The van der Waals surface area contributed by atoms with Crippen LogP contribution in [-0.4, -0.2) is 43.9 Å². The lowest BCUT2D eigenvalue weighted by atomic mass is 10.2. The van der Waals surface area contributed by atoms with Crippen LogP contribution in [0.1, 0.15) is 26.7 Å². The molecule has 5 nitrogen and oxygen atoms in total. The van der Waals surface area contributed by atoms with E-state index in [1.165, 1.54) is 0 Å². The molecule has 16 heavy (non-hydrogen) atoms. The molecule has 0 spiro atoms. The van der Waals surface area contributed by atoms with Gasteiger partial charge in [0.2, 0.25) is 5.91 Å². The third-order valence-corrected chi connectivity index (χ3v) is 2.52. The van der Waals surface area contributed by atoms with Crippen LogP contribution in [0.2, 0.25) is 0 Å². The number of nitrogens with two attached hydrogens (primary N) is 1. The minimum Gasteiger partial charge on any atom is -0.377 e. The summed E-state index contributed by atoms with van der Waals surface area (Å²) in [6, 6.07) is 0. The van der Waals surface area contributed by atoms with Crippen LogP contribution in [0.3, 0.4) is 0 Å². The number of carbonyl (C=O) groups is 1. The molecule has 0 aliphatic carbocycles. The molecule has 1 aliphatic rings. The first-order chi connectivity index (χ1) is 7.63. The van der Waals surface area contributed by atoms with E-state index in [2.05, 4.69) is 5.32 Å². The van der Waals surface area contributed by atoms with E-state index >= 15 is 0 Å². The maximum absolute atomic E-state index is 11.6. The van der Waals surface area contributed by atoms with Gasteiger partial charge in [0.1, 0.15) is 6.10 Å². The van der Waals surface area contributed by atoms with Gasteiger partial charge >= 0.3 is 0 Å². The van der Waals surface area contributed by atoms with Crippen LogP contribution in [-0.2, 0) is 14.3 Å². The number of carbonyl (C=O) groups excluding carboxylic acids is 1. The van der Waals surface area contributed by atoms with Crippen molar-refractivity contribution in [1.82, 2.24) is 5.32 Å². The average molecular weight is 230 g/mol. The Morgan fingerprint density at radius 2 is 2.31 bits per heavy atom. The lowest BCUT2D eigenvalue weighted by Crippen LogP contribution is -2.37. The van der Waals surface area contributed by atoms with Crippen molar-refractivity contribution in [3.8, 4) is 0 Å². The quantitative estimate of drug-likeness (QED) is 0.632. The van der Waals surface area contributed by atoms with E-state index in [0.29, 0.717) is 19.7 Å². The van der Waals surface area contributed by atoms with Crippen molar-refractivity contribution in [2.45, 2.75) is 45.0 Å². The summed E-state index contributed by atoms with van der Waals surface area (Å²) in [5, 5.41) is 2.79. The summed E-state index contributed by atoms with van der Waals surface area (Å²) in [5.74, 6) is -0.0525. The molecule has 0 saturated carbocycles. The Morgan fingerprint density at radius 3 is 2.88 bits per heavy atom. The average Bonchev–Trinajstić information content (AvgIpc) is 2.72. The molecule has 2 atom stereocenters. The second-order valence-corrected chi connectivity index (χ2v) is 4.27. The molecule has 1 amide bonds. The fourth-order valence-electron chi connectivity index (χ4n) is 1.65. The van der Waals surface area contributed by atoms with Crippen molar-refractivity contribution in [3.05, 3.63) is 0 Å². The van der Waals surface area contributed by atoms with Crippen molar-refractivity contribution in [2.75, 3.05) is 19.7 Å². The van der Waals surface area contributed by atoms with Crippen molar-refractivity contribution in [1.29, 1.82) is 0 Å². The van der Waals surface area contributed by atoms with Gasteiger partial charge in [-0.25, -0.2) is 0 Å². The monoisotopic (exact) mass is 230 g/mol. The zero-order valence-electron chi connectivity index (χ0n) is 10.1. The van der Waals surface area contributed by atoms with Gasteiger partial charge in [-0.15, -0.1) is 0 Å². The van der Waals surface area contributed by atoms with Gasteiger partial charge in [-0.1, -0.05) is 0 Å². The third-order valence-electron chi connectivity index (χ3n) is 2.52. The van der Waals surface area contributed by atoms with E-state index in [0.717, 1.165) is 12.8 Å². The Bertz CT molecular complexity index is 221. The maximum atomic E-state index is 11.6. The standard InChI is InChI=1S/C11H22N2O3/c1-8(2)15-6-5-13-11(14)10-4-3-9(7-12)16-10/h8-10H,3-7,12H2,1-2H3,(H,13,14). The third kappa shape index (κ3) is 4.47. The number of ether oxygens (including phenoxy) is 2. The molecule has 2 unspecified atom stereocenters. The number of hydrogen-bond acceptors (Lipinski definition) is 4. The van der Waals surface area contributed by atoms with Gasteiger partial charge in [0.05, 0.1) is 18.8 Å². The van der Waals surface area contributed by atoms with E-state index in [4.69, 9.17) is 15.2 Å². The van der Waals surface area contributed by atoms with Crippen LogP contribution in [0.15, 0.2) is 0 Å². The summed E-state index contributed by atoms with van der Waals surface area (Å²) < 4.78 is 10.8. The SMILES string of the molecule is CC(C)OCCNC(=O)C1CCC(CN)O1. The van der Waals surface area contributed by atoms with Gasteiger partial charge < -0.3 is 20.5 Å². The second-order valence-electron chi connectivity index (χ2n) is 4.27. The summed E-state index contributed by atoms with van der Waals surface area (Å²) >= 11 is 0. The molecule has 0 aromatic carbocycles. The first-order valence-corrected chi connectivity index (χ1v) is 5.88. The molecule has 1 aliphatic heterocycles. The Morgan fingerprint density at radius 1 is 1.56 bits per heavy atom. The van der Waals surface area contributed by atoms with Crippen molar-refractivity contribution in [2.24, 2.45) is 5.73 Å². The fraction of sp³-hybridized carbons (Fsp3) is 0.909. The minimum atomic E-state index is -0.326. The Labute approximate surface area is 96.7 Å². The molecule has 1 heterocycles. The number of rotatable bonds is 6. The molecular formula is C11H22N2O3. The largest absolute Gasteiger partial charge is 0.377 e. The Kier molecular flexibility index (Phi) is 5.73. The maximum Gasteiger partial charge on any atom is 0.249 e. The zero-order chi connectivity index (χ0) is 12.0. The predicted octanol–water partition coefficient (Wildman–Crippen LogP) is 0.0339. The molecule has 0 bridgehead atoms. The Balaban J connectivity index is 2.11. The summed E-state index contributed by atoms with van der Waals surface area (Å²) in [7, 11) is 0. The number of nitrogens with one attached hydrogen (secondary N) is 1. The highest BCUT2D eigenvalue weighted by atomic mass is 16.5. The van der Waals surface area contributed by atoms with Crippen LogP contribution < -0.4 is 11.1 Å². The summed E-state index contributed by atoms with van der Waals surface area (Å²) in [6.07, 6.45) is 1.55. The van der Waals surface area contributed by atoms with Gasteiger partial charge in [-0.05, 0) is 26.7 Å². The van der Waals surface area contributed by atoms with Gasteiger partial charge in [0, 0.05) is 13.1 Å². The highest BCUT2D eigenvalue weighted by molar-refractivity contribution is 5.80. The van der Waals surface area contributed by atoms with Gasteiger partial charge in [0.25, 0.3) is 0 Å². The molecule has 0 aromatic heterocycles. The van der Waals surface area contributed by atoms with E-state index in [-0.39, 0.29) is 24.2 Å². The molecule has 0 aromatic rings. The minimum absolute atomic E-state index is 0.0441. The van der Waals surface area contributed by atoms with E-state index in [1.807, 2.05) is 13.8 Å². The van der Waals surface area contributed by atoms with Gasteiger partial charge in [0.15, 0.2) is 0 Å². The van der Waals surface area contributed by atoms with Gasteiger partial charge in [-0.2, -0.15) is 0 Å². The van der Waals surface area contributed by atoms with E-state index in [9.17, 15) is 4.79 Å². The van der Waals surface area contributed by atoms with Crippen LogP contribution >= 0.6 is 0 Å². The highest BCUT2D eigenvalue weighted by Crippen LogP contribution is 2.18. The lowest BCUT2D eigenvalue weighted by Gasteiger charge is -2.13. The summed E-state index contributed by atoms with van der Waals surface area (Å²) in [6.45, 7) is 5.49. The Hall–Kier alpha value is -0.650. The first kappa shape index (κ1) is 13.4. The highest BCUT2D eigenvalue weighted by Gasteiger charge is 2.29. The fourth-order valence-corrected chi connectivity index (χ4v) is 1.65. The van der Waals surface area contributed by atoms with Crippen LogP contribution in [0.25, 0.3) is 0 Å². The first-order valence-electron chi connectivity index (χ1n) is 5.88. The van der Waals surface area contributed by atoms with Crippen molar-refractivity contribution >= 4 is 5.91 Å². The predicted molar refractivity (Wildman–Crippen MR) is 61.0 cm³/mol. The van der Waals surface area contributed by atoms with Crippen molar-refractivity contribution in [3.63, 3.8) is 0 Å². The second kappa shape index (κ2) is 6.83. The molecule has 1 saturated heterocycles. The topological polar surface area (TPSA) is 73.6 Å². The van der Waals surface area contributed by atoms with Crippen molar-refractivity contribution < 1.29 is 14.3 Å². The van der Waals surface area contributed by atoms with E-state index < -0.39 is 0 Å². The summed E-state index contributed by atoms with van der Waals surface area (Å²) in [5.41, 5.74) is 5.47.